The van der Waals surface area contributed by atoms with Crippen LogP contribution in [0.15, 0.2) is 48.5 Å². The van der Waals surface area contributed by atoms with Gasteiger partial charge in [0.05, 0.1) is 6.61 Å². The topological polar surface area (TPSA) is 67.4 Å². The van der Waals surface area contributed by atoms with Crippen molar-refractivity contribution in [1.29, 1.82) is 0 Å². The fourth-order valence-corrected chi connectivity index (χ4v) is 2.46. The lowest BCUT2D eigenvalue weighted by Gasteiger charge is -2.08. The molecule has 0 atom stereocenters. The van der Waals surface area contributed by atoms with E-state index in [4.69, 9.17) is 4.74 Å². The Balaban J connectivity index is 1.53. The van der Waals surface area contributed by atoms with Gasteiger partial charge in [-0.2, -0.15) is 0 Å². The van der Waals surface area contributed by atoms with E-state index in [0.29, 0.717) is 24.4 Å². The van der Waals surface area contributed by atoms with Crippen LogP contribution in [0, 0.1) is 5.92 Å². The van der Waals surface area contributed by atoms with Crippen LogP contribution in [0.5, 0.6) is 5.75 Å². The van der Waals surface area contributed by atoms with Gasteiger partial charge in [-0.1, -0.05) is 12.1 Å². The van der Waals surface area contributed by atoms with Crippen molar-refractivity contribution in [3.8, 4) is 5.75 Å². The van der Waals surface area contributed by atoms with E-state index >= 15 is 0 Å². The SMILES string of the molecule is CCOc1ccc(NC(=O)c2ccc(CNC(=O)C3CC3)cc2)cc1. The molecule has 0 unspecified atom stereocenters. The summed E-state index contributed by atoms with van der Waals surface area (Å²) >= 11 is 0. The van der Waals surface area contributed by atoms with Crippen LogP contribution >= 0.6 is 0 Å². The molecule has 0 aromatic heterocycles. The molecule has 130 valence electrons. The zero-order valence-electron chi connectivity index (χ0n) is 14.2. The fraction of sp³-hybridized carbons (Fsp3) is 0.300. The molecule has 2 aromatic carbocycles. The summed E-state index contributed by atoms with van der Waals surface area (Å²) in [4.78, 5) is 23.9. The highest BCUT2D eigenvalue weighted by Gasteiger charge is 2.29. The van der Waals surface area contributed by atoms with E-state index in [1.807, 2.05) is 43.3 Å². The summed E-state index contributed by atoms with van der Waals surface area (Å²) in [5.74, 6) is 0.937. The molecule has 1 saturated carbocycles. The quantitative estimate of drug-likeness (QED) is 0.813. The van der Waals surface area contributed by atoms with Crippen molar-refractivity contribution in [2.24, 2.45) is 5.92 Å². The van der Waals surface area contributed by atoms with Gasteiger partial charge in [0.25, 0.3) is 5.91 Å². The second-order valence-electron chi connectivity index (χ2n) is 6.10. The lowest BCUT2D eigenvalue weighted by molar-refractivity contribution is -0.122. The molecule has 3 rings (SSSR count). The molecule has 2 amide bonds. The molecule has 1 aliphatic rings. The summed E-state index contributed by atoms with van der Waals surface area (Å²) < 4.78 is 5.38. The van der Waals surface area contributed by atoms with Crippen LogP contribution in [0.1, 0.15) is 35.7 Å². The standard InChI is InChI=1S/C20H22N2O3/c1-2-25-18-11-9-17(10-12-18)22-20(24)16-5-3-14(4-6-16)13-21-19(23)15-7-8-15/h3-6,9-12,15H,2,7-8,13H2,1H3,(H,21,23)(H,22,24). The van der Waals surface area contributed by atoms with Crippen LogP contribution in [-0.2, 0) is 11.3 Å². The molecule has 2 aromatic rings. The monoisotopic (exact) mass is 338 g/mol. The van der Waals surface area contributed by atoms with Gasteiger partial charge in [-0.15, -0.1) is 0 Å². The first-order valence-corrected chi connectivity index (χ1v) is 8.56. The molecule has 2 N–H and O–H groups in total. The van der Waals surface area contributed by atoms with Crippen LogP contribution in [0.4, 0.5) is 5.69 Å². The summed E-state index contributed by atoms with van der Waals surface area (Å²) in [6.45, 7) is 3.03. The molecule has 1 aliphatic carbocycles. The molecule has 0 radical (unpaired) electrons. The Bertz CT molecular complexity index is 735. The second-order valence-corrected chi connectivity index (χ2v) is 6.10. The van der Waals surface area contributed by atoms with E-state index in [1.54, 1.807) is 12.1 Å². The van der Waals surface area contributed by atoms with Crippen molar-refractivity contribution in [1.82, 2.24) is 5.32 Å². The highest BCUT2D eigenvalue weighted by atomic mass is 16.5. The lowest BCUT2D eigenvalue weighted by Crippen LogP contribution is -2.24. The van der Waals surface area contributed by atoms with Crippen molar-refractivity contribution >= 4 is 17.5 Å². The minimum absolute atomic E-state index is 0.123. The molecular weight excluding hydrogens is 316 g/mol. The Hall–Kier alpha value is -2.82. The van der Waals surface area contributed by atoms with Crippen LogP contribution in [-0.4, -0.2) is 18.4 Å². The number of hydrogen-bond acceptors (Lipinski definition) is 3. The van der Waals surface area contributed by atoms with E-state index in [0.717, 1.165) is 24.2 Å². The van der Waals surface area contributed by atoms with Gasteiger partial charge in [-0.3, -0.25) is 9.59 Å². The number of benzene rings is 2. The van der Waals surface area contributed by atoms with Gasteiger partial charge in [0, 0.05) is 23.7 Å². The van der Waals surface area contributed by atoms with E-state index < -0.39 is 0 Å². The zero-order valence-corrected chi connectivity index (χ0v) is 14.2. The number of rotatable bonds is 7. The van der Waals surface area contributed by atoms with Crippen molar-refractivity contribution in [3.05, 3.63) is 59.7 Å². The number of nitrogens with one attached hydrogen (secondary N) is 2. The first-order chi connectivity index (χ1) is 12.2. The van der Waals surface area contributed by atoms with E-state index in [9.17, 15) is 9.59 Å². The average molecular weight is 338 g/mol. The molecule has 0 spiro atoms. The minimum Gasteiger partial charge on any atom is -0.494 e. The van der Waals surface area contributed by atoms with Crippen LogP contribution in [0.2, 0.25) is 0 Å². The third kappa shape index (κ3) is 4.83. The number of anilines is 1. The van der Waals surface area contributed by atoms with Gasteiger partial charge < -0.3 is 15.4 Å². The Morgan fingerprint density at radius 2 is 1.72 bits per heavy atom. The number of ether oxygens (including phenoxy) is 1. The molecule has 1 fully saturated rings. The largest absolute Gasteiger partial charge is 0.494 e. The number of amides is 2. The Labute approximate surface area is 147 Å². The van der Waals surface area contributed by atoms with E-state index in [-0.39, 0.29) is 17.7 Å². The predicted molar refractivity (Wildman–Crippen MR) is 96.6 cm³/mol. The fourth-order valence-electron chi connectivity index (χ4n) is 2.46. The molecule has 5 heteroatoms. The summed E-state index contributed by atoms with van der Waals surface area (Å²) in [7, 11) is 0. The summed E-state index contributed by atoms with van der Waals surface area (Å²) in [5.41, 5.74) is 2.27. The van der Waals surface area contributed by atoms with Crippen molar-refractivity contribution < 1.29 is 14.3 Å². The first kappa shape index (κ1) is 17.0. The van der Waals surface area contributed by atoms with Crippen LogP contribution in [0.3, 0.4) is 0 Å². The van der Waals surface area contributed by atoms with Gasteiger partial charge in [0.2, 0.25) is 5.91 Å². The molecule has 0 aliphatic heterocycles. The zero-order chi connectivity index (χ0) is 17.6. The average Bonchev–Trinajstić information content (AvgIpc) is 3.47. The smallest absolute Gasteiger partial charge is 0.255 e. The van der Waals surface area contributed by atoms with E-state index in [1.165, 1.54) is 0 Å². The van der Waals surface area contributed by atoms with Crippen molar-refractivity contribution in [3.63, 3.8) is 0 Å². The van der Waals surface area contributed by atoms with Gasteiger partial charge >= 0.3 is 0 Å². The molecule has 0 bridgehead atoms. The highest BCUT2D eigenvalue weighted by molar-refractivity contribution is 6.04. The Morgan fingerprint density at radius 3 is 2.32 bits per heavy atom. The van der Waals surface area contributed by atoms with Crippen LogP contribution in [0.25, 0.3) is 0 Å². The summed E-state index contributed by atoms with van der Waals surface area (Å²) in [6.07, 6.45) is 1.99. The molecule has 0 saturated heterocycles. The Morgan fingerprint density at radius 1 is 1.04 bits per heavy atom. The number of carbonyl (C=O) groups is 2. The molecule has 5 nitrogen and oxygen atoms in total. The van der Waals surface area contributed by atoms with Crippen molar-refractivity contribution in [2.75, 3.05) is 11.9 Å². The number of hydrogen-bond donors (Lipinski definition) is 2. The summed E-state index contributed by atoms with van der Waals surface area (Å²) in [5, 5.41) is 5.77. The maximum atomic E-state index is 12.3. The number of carbonyl (C=O) groups excluding carboxylic acids is 2. The maximum Gasteiger partial charge on any atom is 0.255 e. The van der Waals surface area contributed by atoms with Crippen molar-refractivity contribution in [2.45, 2.75) is 26.3 Å². The van der Waals surface area contributed by atoms with Gasteiger partial charge in [-0.05, 0) is 61.7 Å². The summed E-state index contributed by atoms with van der Waals surface area (Å²) in [6, 6.07) is 14.5. The maximum absolute atomic E-state index is 12.3. The lowest BCUT2D eigenvalue weighted by atomic mass is 10.1. The van der Waals surface area contributed by atoms with E-state index in [2.05, 4.69) is 10.6 Å². The molecular formula is C20H22N2O3. The molecule has 25 heavy (non-hydrogen) atoms. The third-order valence-electron chi connectivity index (χ3n) is 4.05. The Kier molecular flexibility index (Phi) is 5.33. The highest BCUT2D eigenvalue weighted by Crippen LogP contribution is 2.28. The van der Waals surface area contributed by atoms with Gasteiger partial charge in [-0.25, -0.2) is 0 Å². The van der Waals surface area contributed by atoms with Gasteiger partial charge in [0.15, 0.2) is 0 Å². The molecule has 0 heterocycles. The first-order valence-electron chi connectivity index (χ1n) is 8.56. The predicted octanol–water partition coefficient (Wildman–Crippen LogP) is 3.36. The van der Waals surface area contributed by atoms with Gasteiger partial charge in [0.1, 0.15) is 5.75 Å². The normalized spacial score (nSPS) is 13.2. The second kappa shape index (κ2) is 7.83. The minimum atomic E-state index is -0.169. The third-order valence-corrected chi connectivity index (χ3v) is 4.05. The van der Waals surface area contributed by atoms with Crippen LogP contribution < -0.4 is 15.4 Å².